The first kappa shape index (κ1) is 7.62. The normalized spacial score (nSPS) is 21.2. The molecule has 0 fully saturated rings. The van der Waals surface area contributed by atoms with Crippen LogP contribution in [-0.4, -0.2) is 6.04 Å². The third kappa shape index (κ3) is 0.994. The lowest BCUT2D eigenvalue weighted by Crippen LogP contribution is -2.37. The summed E-state index contributed by atoms with van der Waals surface area (Å²) in [5.74, 6) is 5.93. The van der Waals surface area contributed by atoms with Crippen LogP contribution in [-0.2, 0) is 6.42 Å². The Labute approximate surface area is 73.0 Å². The van der Waals surface area contributed by atoms with Crippen molar-refractivity contribution in [3.05, 3.63) is 29.8 Å². The van der Waals surface area contributed by atoms with Gasteiger partial charge in [-0.15, -0.1) is 0 Å². The van der Waals surface area contributed by atoms with E-state index >= 15 is 0 Å². The molecule has 1 atom stereocenters. The molecule has 1 aromatic rings. The summed E-state index contributed by atoms with van der Waals surface area (Å²) in [5, 5.41) is 1.90. The molecule has 2 nitrogen and oxygen atoms in total. The van der Waals surface area contributed by atoms with E-state index in [1.54, 1.807) is 0 Å². The fourth-order valence-electron chi connectivity index (χ4n) is 1.83. The highest BCUT2D eigenvalue weighted by Crippen LogP contribution is 2.29. The predicted octanol–water partition coefficient (Wildman–Crippen LogP) is 1.70. The van der Waals surface area contributed by atoms with Crippen molar-refractivity contribution in [3.8, 4) is 0 Å². The van der Waals surface area contributed by atoms with Crippen molar-refractivity contribution in [1.82, 2.24) is 0 Å². The molecule has 1 unspecified atom stereocenters. The van der Waals surface area contributed by atoms with Crippen LogP contribution in [0.5, 0.6) is 0 Å². The van der Waals surface area contributed by atoms with Gasteiger partial charge in [0, 0.05) is 6.04 Å². The molecule has 0 aliphatic carbocycles. The van der Waals surface area contributed by atoms with Gasteiger partial charge in [0.2, 0.25) is 0 Å². The van der Waals surface area contributed by atoms with E-state index in [0.717, 1.165) is 12.8 Å². The van der Waals surface area contributed by atoms with Gasteiger partial charge < -0.3 is 5.01 Å². The molecule has 0 bridgehead atoms. The van der Waals surface area contributed by atoms with Crippen LogP contribution >= 0.6 is 0 Å². The van der Waals surface area contributed by atoms with Crippen LogP contribution in [0.4, 0.5) is 5.69 Å². The number of hydrazine groups is 1. The Morgan fingerprint density at radius 3 is 2.92 bits per heavy atom. The van der Waals surface area contributed by atoms with Crippen molar-refractivity contribution >= 4 is 5.69 Å². The minimum Gasteiger partial charge on any atom is -0.307 e. The summed E-state index contributed by atoms with van der Waals surface area (Å²) in [6, 6.07) is 8.86. The predicted molar refractivity (Wildman–Crippen MR) is 50.9 cm³/mol. The van der Waals surface area contributed by atoms with Gasteiger partial charge in [0.05, 0.1) is 5.69 Å². The third-order valence-corrected chi connectivity index (χ3v) is 2.59. The van der Waals surface area contributed by atoms with Crippen molar-refractivity contribution in [2.45, 2.75) is 25.8 Å². The summed E-state index contributed by atoms with van der Waals surface area (Å²) < 4.78 is 0. The first-order chi connectivity index (χ1) is 5.83. The van der Waals surface area contributed by atoms with E-state index in [4.69, 9.17) is 5.84 Å². The maximum atomic E-state index is 5.93. The van der Waals surface area contributed by atoms with Crippen LogP contribution in [0.3, 0.4) is 0 Å². The molecule has 0 saturated heterocycles. The number of para-hydroxylation sites is 1. The number of hydrogen-bond acceptors (Lipinski definition) is 2. The molecule has 1 heterocycles. The molecule has 0 saturated carbocycles. The van der Waals surface area contributed by atoms with Gasteiger partial charge in [-0.2, -0.15) is 0 Å². The SMILES string of the molecule is CCC1Cc2ccccc2N1N. The summed E-state index contributed by atoms with van der Waals surface area (Å²) in [5.41, 5.74) is 2.58. The van der Waals surface area contributed by atoms with Crippen LogP contribution < -0.4 is 10.9 Å². The minimum absolute atomic E-state index is 0.502. The quantitative estimate of drug-likeness (QED) is 0.637. The van der Waals surface area contributed by atoms with Crippen molar-refractivity contribution in [2.75, 3.05) is 5.01 Å². The van der Waals surface area contributed by atoms with Gasteiger partial charge in [-0.05, 0) is 24.5 Å². The van der Waals surface area contributed by atoms with Crippen molar-refractivity contribution in [1.29, 1.82) is 0 Å². The molecule has 12 heavy (non-hydrogen) atoms. The fraction of sp³-hybridized carbons (Fsp3) is 0.400. The topological polar surface area (TPSA) is 29.3 Å². The zero-order chi connectivity index (χ0) is 8.55. The smallest absolute Gasteiger partial charge is 0.0553 e. The number of rotatable bonds is 1. The summed E-state index contributed by atoms with van der Waals surface area (Å²) in [6.07, 6.45) is 2.22. The number of benzene rings is 1. The van der Waals surface area contributed by atoms with Crippen LogP contribution in [0, 0.1) is 0 Å². The second-order valence-corrected chi connectivity index (χ2v) is 3.30. The van der Waals surface area contributed by atoms with Gasteiger partial charge in [0.15, 0.2) is 0 Å². The van der Waals surface area contributed by atoms with Gasteiger partial charge in [-0.25, -0.2) is 5.84 Å². The molecule has 0 radical (unpaired) electrons. The number of fused-ring (bicyclic) bond motifs is 1. The van der Waals surface area contributed by atoms with Gasteiger partial charge in [0.25, 0.3) is 0 Å². The van der Waals surface area contributed by atoms with Gasteiger partial charge >= 0.3 is 0 Å². The van der Waals surface area contributed by atoms with Crippen molar-refractivity contribution in [3.63, 3.8) is 0 Å². The summed E-state index contributed by atoms with van der Waals surface area (Å²) >= 11 is 0. The molecule has 0 amide bonds. The zero-order valence-electron chi connectivity index (χ0n) is 7.33. The van der Waals surface area contributed by atoms with E-state index in [1.165, 1.54) is 11.3 Å². The number of nitrogens with zero attached hydrogens (tertiary/aromatic N) is 1. The Hall–Kier alpha value is -1.02. The van der Waals surface area contributed by atoms with Crippen LogP contribution in [0.1, 0.15) is 18.9 Å². The molecule has 64 valence electrons. The average molecular weight is 162 g/mol. The van der Waals surface area contributed by atoms with E-state index in [0.29, 0.717) is 6.04 Å². The molecule has 1 aliphatic rings. The Bertz CT molecular complexity index is 283. The summed E-state index contributed by atoms with van der Waals surface area (Å²) in [4.78, 5) is 0. The lowest BCUT2D eigenvalue weighted by atomic mass is 10.1. The van der Waals surface area contributed by atoms with Gasteiger partial charge in [-0.3, -0.25) is 0 Å². The third-order valence-electron chi connectivity index (χ3n) is 2.59. The van der Waals surface area contributed by atoms with Crippen molar-refractivity contribution in [2.24, 2.45) is 5.84 Å². The average Bonchev–Trinajstić information content (AvgIpc) is 2.44. The highest BCUT2D eigenvalue weighted by atomic mass is 15.4. The zero-order valence-corrected chi connectivity index (χ0v) is 7.33. The molecular weight excluding hydrogens is 148 g/mol. The Kier molecular flexibility index (Phi) is 1.77. The number of anilines is 1. The molecule has 0 spiro atoms. The lowest BCUT2D eigenvalue weighted by molar-refractivity contribution is 0.618. The molecule has 2 rings (SSSR count). The van der Waals surface area contributed by atoms with E-state index < -0.39 is 0 Å². The number of hydrogen-bond donors (Lipinski definition) is 1. The standard InChI is InChI=1S/C10H14N2/c1-2-9-7-8-5-3-4-6-10(8)12(9)11/h3-6,9H,2,7,11H2,1H3. The first-order valence-electron chi connectivity index (χ1n) is 4.44. The molecule has 2 heteroatoms. The maximum absolute atomic E-state index is 5.93. The lowest BCUT2D eigenvalue weighted by Gasteiger charge is -2.19. The van der Waals surface area contributed by atoms with Gasteiger partial charge in [-0.1, -0.05) is 25.1 Å². The molecule has 1 aliphatic heterocycles. The van der Waals surface area contributed by atoms with Crippen LogP contribution in [0.2, 0.25) is 0 Å². The van der Waals surface area contributed by atoms with E-state index in [-0.39, 0.29) is 0 Å². The van der Waals surface area contributed by atoms with Crippen LogP contribution in [0.25, 0.3) is 0 Å². The molecule has 2 N–H and O–H groups in total. The van der Waals surface area contributed by atoms with Gasteiger partial charge in [0.1, 0.15) is 0 Å². The fourth-order valence-corrected chi connectivity index (χ4v) is 1.83. The summed E-state index contributed by atoms with van der Waals surface area (Å²) in [7, 11) is 0. The number of nitrogens with two attached hydrogens (primary N) is 1. The summed E-state index contributed by atoms with van der Waals surface area (Å²) in [6.45, 7) is 2.18. The second-order valence-electron chi connectivity index (χ2n) is 3.30. The molecule has 0 aromatic heterocycles. The molecule has 1 aromatic carbocycles. The van der Waals surface area contributed by atoms with E-state index in [9.17, 15) is 0 Å². The highest BCUT2D eigenvalue weighted by molar-refractivity contribution is 5.57. The highest BCUT2D eigenvalue weighted by Gasteiger charge is 2.24. The van der Waals surface area contributed by atoms with E-state index in [2.05, 4.69) is 25.1 Å². The second kappa shape index (κ2) is 2.79. The largest absolute Gasteiger partial charge is 0.307 e. The Balaban J connectivity index is 2.35. The van der Waals surface area contributed by atoms with Crippen LogP contribution in [0.15, 0.2) is 24.3 Å². The Morgan fingerprint density at radius 1 is 1.50 bits per heavy atom. The molecular formula is C10H14N2. The van der Waals surface area contributed by atoms with Crippen molar-refractivity contribution < 1.29 is 0 Å². The monoisotopic (exact) mass is 162 g/mol. The minimum atomic E-state index is 0.502. The Morgan fingerprint density at radius 2 is 2.25 bits per heavy atom. The maximum Gasteiger partial charge on any atom is 0.0553 e. The first-order valence-corrected chi connectivity index (χ1v) is 4.44. The van der Waals surface area contributed by atoms with E-state index in [1.807, 2.05) is 11.1 Å².